The highest BCUT2D eigenvalue weighted by Crippen LogP contribution is 2.31. The topological polar surface area (TPSA) is 94.1 Å². The van der Waals surface area contributed by atoms with Crippen LogP contribution in [0.15, 0.2) is 58.0 Å². The molecule has 1 fully saturated rings. The largest absolute Gasteiger partial charge is 0.508 e. The van der Waals surface area contributed by atoms with Crippen molar-refractivity contribution in [3.63, 3.8) is 0 Å². The van der Waals surface area contributed by atoms with Gasteiger partial charge in [0.15, 0.2) is 5.43 Å². The average Bonchev–Trinajstić information content (AvgIpc) is 2.63. The van der Waals surface area contributed by atoms with Crippen LogP contribution in [-0.2, 0) is 6.42 Å². The molecule has 0 spiro atoms. The summed E-state index contributed by atoms with van der Waals surface area (Å²) in [5.41, 5.74) is 0.0266. The quantitative estimate of drug-likeness (QED) is 0.506. The molecular weight excluding hydrogens is 394 g/mol. The van der Waals surface area contributed by atoms with Crippen LogP contribution < -0.4 is 5.43 Å². The van der Waals surface area contributed by atoms with Crippen LogP contribution in [0.25, 0.3) is 17.1 Å². The van der Waals surface area contributed by atoms with E-state index in [1.807, 2.05) is 11.9 Å². The summed E-state index contributed by atoms with van der Waals surface area (Å²) in [5.74, 6) is -0.454. The fraction of sp³-hybridized carbons (Fsp3) is 0.318. The van der Waals surface area contributed by atoms with Crippen molar-refractivity contribution in [3.05, 3.63) is 75.3 Å². The Balaban J connectivity index is 2.10. The Bertz CT molecular complexity index is 997. The standard InChI is InChI=1S/C22H24ClNO5/c1-13(25)9-17(26)22-18(27)11-20(15-5-3-4-6-16(15)23)29-21(22)10-14-7-8-24(2)12-19(14)28/h3-6,9,11,14,19,25-26,28H,1,7-8,10,12H2,2H3/b17-9+. The van der Waals surface area contributed by atoms with E-state index in [1.165, 1.54) is 6.07 Å². The van der Waals surface area contributed by atoms with Crippen molar-refractivity contribution in [2.24, 2.45) is 5.92 Å². The highest BCUT2D eigenvalue weighted by atomic mass is 35.5. The van der Waals surface area contributed by atoms with Gasteiger partial charge in [0.05, 0.1) is 11.1 Å². The number of aliphatic hydroxyl groups excluding tert-OH is 3. The molecule has 0 saturated carbocycles. The molecule has 2 aromatic rings. The Morgan fingerprint density at radius 2 is 2.10 bits per heavy atom. The summed E-state index contributed by atoms with van der Waals surface area (Å²) < 4.78 is 6.02. The lowest BCUT2D eigenvalue weighted by atomic mass is 9.88. The monoisotopic (exact) mass is 417 g/mol. The minimum Gasteiger partial charge on any atom is -0.508 e. The predicted octanol–water partition coefficient (Wildman–Crippen LogP) is 3.79. The molecule has 3 rings (SSSR count). The van der Waals surface area contributed by atoms with Gasteiger partial charge >= 0.3 is 0 Å². The number of likely N-dealkylation sites (N-methyl/N-ethyl adjacent to an activating group) is 1. The first-order valence-corrected chi connectivity index (χ1v) is 9.71. The molecular formula is C22H24ClNO5. The van der Waals surface area contributed by atoms with Crippen LogP contribution in [0.2, 0.25) is 5.02 Å². The second-order valence-electron chi connectivity index (χ2n) is 7.36. The SMILES string of the molecule is C=C(O)/C=C(/O)c1c(CC2CCN(C)CC2O)oc(-c2ccccc2Cl)cc1=O. The van der Waals surface area contributed by atoms with E-state index in [0.717, 1.165) is 12.6 Å². The molecule has 6 nitrogen and oxygen atoms in total. The van der Waals surface area contributed by atoms with E-state index in [2.05, 4.69) is 6.58 Å². The van der Waals surface area contributed by atoms with Gasteiger partial charge < -0.3 is 24.6 Å². The Kier molecular flexibility index (Phi) is 6.47. The van der Waals surface area contributed by atoms with E-state index in [9.17, 15) is 20.1 Å². The first-order valence-electron chi connectivity index (χ1n) is 9.33. The Hall–Kier alpha value is -2.54. The Morgan fingerprint density at radius 3 is 2.76 bits per heavy atom. The maximum atomic E-state index is 12.9. The highest BCUT2D eigenvalue weighted by Gasteiger charge is 2.29. The summed E-state index contributed by atoms with van der Waals surface area (Å²) in [6, 6.07) is 8.24. The molecule has 1 saturated heterocycles. The van der Waals surface area contributed by atoms with Crippen LogP contribution in [0.5, 0.6) is 0 Å². The lowest BCUT2D eigenvalue weighted by Gasteiger charge is -2.33. The normalized spacial score (nSPS) is 20.6. The molecule has 0 amide bonds. The van der Waals surface area contributed by atoms with Crippen molar-refractivity contribution in [2.75, 3.05) is 20.1 Å². The molecule has 2 unspecified atom stereocenters. The summed E-state index contributed by atoms with van der Waals surface area (Å²) >= 11 is 6.25. The van der Waals surface area contributed by atoms with Gasteiger partial charge in [-0.1, -0.05) is 30.3 Å². The number of hydrogen-bond acceptors (Lipinski definition) is 6. The summed E-state index contributed by atoms with van der Waals surface area (Å²) in [7, 11) is 1.93. The Labute approximate surface area is 174 Å². The molecule has 2 heterocycles. The third-order valence-electron chi connectivity index (χ3n) is 5.09. The molecule has 2 atom stereocenters. The fourth-order valence-corrected chi connectivity index (χ4v) is 3.82. The molecule has 1 aliphatic rings. The van der Waals surface area contributed by atoms with Gasteiger partial charge in [-0.25, -0.2) is 0 Å². The highest BCUT2D eigenvalue weighted by molar-refractivity contribution is 6.33. The molecule has 3 N–H and O–H groups in total. The van der Waals surface area contributed by atoms with E-state index in [1.54, 1.807) is 24.3 Å². The number of halogens is 1. The van der Waals surface area contributed by atoms with Crippen LogP contribution in [0.1, 0.15) is 17.7 Å². The van der Waals surface area contributed by atoms with Gasteiger partial charge in [0, 0.05) is 30.7 Å². The molecule has 1 aromatic heterocycles. The molecule has 1 aromatic carbocycles. The van der Waals surface area contributed by atoms with Crippen molar-refractivity contribution < 1.29 is 19.7 Å². The number of hydrogen-bond donors (Lipinski definition) is 3. The molecule has 154 valence electrons. The van der Waals surface area contributed by atoms with Crippen molar-refractivity contribution in [2.45, 2.75) is 18.9 Å². The van der Waals surface area contributed by atoms with Crippen molar-refractivity contribution in [1.29, 1.82) is 0 Å². The second-order valence-corrected chi connectivity index (χ2v) is 7.76. The summed E-state index contributed by atoms with van der Waals surface area (Å²) in [4.78, 5) is 14.9. The molecule has 7 heteroatoms. The molecule has 0 radical (unpaired) electrons. The molecule has 0 aliphatic carbocycles. The summed E-state index contributed by atoms with van der Waals surface area (Å²) in [6.45, 7) is 4.64. The third-order valence-corrected chi connectivity index (χ3v) is 5.42. The first kappa shape index (κ1) is 21.2. The zero-order valence-electron chi connectivity index (χ0n) is 16.1. The predicted molar refractivity (Wildman–Crippen MR) is 113 cm³/mol. The van der Waals surface area contributed by atoms with E-state index >= 15 is 0 Å². The first-order chi connectivity index (χ1) is 13.8. The molecule has 0 bridgehead atoms. The lowest BCUT2D eigenvalue weighted by Crippen LogP contribution is -2.42. The van der Waals surface area contributed by atoms with E-state index in [4.69, 9.17) is 16.0 Å². The van der Waals surface area contributed by atoms with Crippen LogP contribution in [0.3, 0.4) is 0 Å². The van der Waals surface area contributed by atoms with Gasteiger partial charge in [0.25, 0.3) is 0 Å². The van der Waals surface area contributed by atoms with Crippen LogP contribution in [0.4, 0.5) is 0 Å². The average molecular weight is 418 g/mol. The van der Waals surface area contributed by atoms with Crippen LogP contribution >= 0.6 is 11.6 Å². The summed E-state index contributed by atoms with van der Waals surface area (Å²) in [5, 5.41) is 30.7. The fourth-order valence-electron chi connectivity index (χ4n) is 3.59. The number of rotatable bonds is 5. The van der Waals surface area contributed by atoms with Crippen molar-refractivity contribution in [1.82, 2.24) is 4.90 Å². The van der Waals surface area contributed by atoms with Crippen molar-refractivity contribution in [3.8, 4) is 11.3 Å². The zero-order valence-corrected chi connectivity index (χ0v) is 16.9. The van der Waals surface area contributed by atoms with Gasteiger partial charge in [-0.3, -0.25) is 4.79 Å². The Morgan fingerprint density at radius 1 is 1.38 bits per heavy atom. The second kappa shape index (κ2) is 8.86. The van der Waals surface area contributed by atoms with Gasteiger partial charge in [0.1, 0.15) is 28.6 Å². The smallest absolute Gasteiger partial charge is 0.196 e. The van der Waals surface area contributed by atoms with Gasteiger partial charge in [-0.05, 0) is 38.1 Å². The molecule has 29 heavy (non-hydrogen) atoms. The van der Waals surface area contributed by atoms with Gasteiger partial charge in [0.2, 0.25) is 0 Å². The van der Waals surface area contributed by atoms with E-state index < -0.39 is 17.3 Å². The number of allylic oxidation sites excluding steroid dienone is 1. The van der Waals surface area contributed by atoms with E-state index in [0.29, 0.717) is 23.6 Å². The van der Waals surface area contributed by atoms with E-state index in [-0.39, 0.29) is 35.2 Å². The van der Waals surface area contributed by atoms with Crippen LogP contribution in [0, 0.1) is 5.92 Å². The number of nitrogens with zero attached hydrogens (tertiary/aromatic N) is 1. The maximum absolute atomic E-state index is 12.9. The number of benzene rings is 1. The lowest BCUT2D eigenvalue weighted by molar-refractivity contribution is 0.0304. The van der Waals surface area contributed by atoms with Crippen molar-refractivity contribution >= 4 is 17.4 Å². The third kappa shape index (κ3) is 4.90. The number of piperidine rings is 1. The van der Waals surface area contributed by atoms with Crippen LogP contribution in [-0.4, -0.2) is 46.5 Å². The number of β-amino-alcohol motifs (C(OH)–C–C–N with tert-alkyl or cyclic N) is 1. The minimum absolute atomic E-state index is 0.0536. The summed E-state index contributed by atoms with van der Waals surface area (Å²) in [6.07, 6.45) is 1.38. The maximum Gasteiger partial charge on any atom is 0.196 e. The van der Waals surface area contributed by atoms with Gasteiger partial charge in [-0.2, -0.15) is 0 Å². The molecule has 1 aliphatic heterocycles. The minimum atomic E-state index is -0.588. The number of aliphatic hydroxyl groups is 3. The zero-order chi connectivity index (χ0) is 21.1. The number of likely N-dealkylation sites (tertiary alicyclic amines) is 1. The van der Waals surface area contributed by atoms with Gasteiger partial charge in [-0.15, -0.1) is 0 Å².